The molecule has 1 fully saturated rings. The second-order valence-electron chi connectivity index (χ2n) is 6.82. The first-order valence-corrected chi connectivity index (χ1v) is 11.7. The fourth-order valence-electron chi connectivity index (χ4n) is 2.89. The number of nitrogens with one attached hydrogen (secondary N) is 4. The van der Waals surface area contributed by atoms with Crippen LogP contribution in [0.5, 0.6) is 0 Å². The molecule has 1 saturated heterocycles. The first kappa shape index (κ1) is 34.1. The Labute approximate surface area is 212 Å². The van der Waals surface area contributed by atoms with E-state index in [1.807, 2.05) is 57.3 Å². The summed E-state index contributed by atoms with van der Waals surface area (Å²) in [6, 6.07) is 16.1. The van der Waals surface area contributed by atoms with Gasteiger partial charge in [-0.3, -0.25) is 10.7 Å². The molecular formula is C26H47N9. The number of aryl methyl sites for hydroxylation is 1. The van der Waals surface area contributed by atoms with Crippen LogP contribution in [0.15, 0.2) is 66.7 Å². The van der Waals surface area contributed by atoms with Gasteiger partial charge in [-0.2, -0.15) is 0 Å². The zero-order chi connectivity index (χ0) is 27.2. The smallest absolute Gasteiger partial charge is 0.128 e. The molecule has 2 aliphatic rings. The van der Waals surface area contributed by atoms with Gasteiger partial charge >= 0.3 is 0 Å². The van der Waals surface area contributed by atoms with E-state index in [2.05, 4.69) is 77.6 Å². The number of anilines is 2. The van der Waals surface area contributed by atoms with Crippen molar-refractivity contribution in [2.75, 3.05) is 44.1 Å². The maximum atomic E-state index is 6.03. The highest BCUT2D eigenvalue weighted by Gasteiger charge is 2.16. The lowest BCUT2D eigenvalue weighted by Crippen LogP contribution is -2.56. The normalized spacial score (nSPS) is 15.6. The van der Waals surface area contributed by atoms with Gasteiger partial charge in [0.2, 0.25) is 0 Å². The van der Waals surface area contributed by atoms with Crippen LogP contribution in [0.2, 0.25) is 0 Å². The Morgan fingerprint density at radius 2 is 1.60 bits per heavy atom. The molecule has 196 valence electrons. The zero-order valence-corrected chi connectivity index (χ0v) is 22.4. The summed E-state index contributed by atoms with van der Waals surface area (Å²) in [5.74, 6) is 6.88. The molecule has 35 heavy (non-hydrogen) atoms. The molecular weight excluding hydrogens is 438 g/mol. The van der Waals surface area contributed by atoms with Crippen LogP contribution < -0.4 is 32.6 Å². The highest BCUT2D eigenvalue weighted by molar-refractivity contribution is 6.02. The minimum Gasteiger partial charge on any atom is -0.342 e. The summed E-state index contributed by atoms with van der Waals surface area (Å²) < 4.78 is 0. The third-order valence-electron chi connectivity index (χ3n) is 4.61. The van der Waals surface area contributed by atoms with Crippen molar-refractivity contribution < 1.29 is 0 Å². The molecule has 4 rings (SSSR count). The number of fused-ring (bicyclic) bond motifs is 1. The summed E-state index contributed by atoms with van der Waals surface area (Å²) in [5.41, 5.74) is 11.8. The molecule has 9 nitrogen and oxygen atoms in total. The molecule has 2 heterocycles. The lowest BCUT2D eigenvalue weighted by atomic mass is 10.2. The molecule has 8 N–H and O–H groups in total. The van der Waals surface area contributed by atoms with E-state index in [1.54, 1.807) is 5.01 Å². The first-order chi connectivity index (χ1) is 17.0. The van der Waals surface area contributed by atoms with E-state index in [4.69, 9.17) is 11.3 Å². The summed E-state index contributed by atoms with van der Waals surface area (Å²) in [4.78, 5) is 4.60. The quantitative estimate of drug-likeness (QED) is 0.205. The predicted octanol–water partition coefficient (Wildman–Crippen LogP) is 3.87. The highest BCUT2D eigenvalue weighted by atomic mass is 15.6. The van der Waals surface area contributed by atoms with Crippen molar-refractivity contribution in [1.29, 1.82) is 5.41 Å². The van der Waals surface area contributed by atoms with Gasteiger partial charge in [-0.05, 0) is 51.9 Å². The number of hydrazine groups is 2. The zero-order valence-electron chi connectivity index (χ0n) is 22.4. The van der Waals surface area contributed by atoms with Crippen molar-refractivity contribution in [3.63, 3.8) is 0 Å². The number of amidine groups is 1. The summed E-state index contributed by atoms with van der Waals surface area (Å²) in [5, 5.41) is 15.9. The molecule has 0 aliphatic carbocycles. The molecule has 2 aliphatic heterocycles. The van der Waals surface area contributed by atoms with E-state index in [0.717, 1.165) is 36.0 Å². The van der Waals surface area contributed by atoms with Crippen molar-refractivity contribution in [3.05, 3.63) is 67.3 Å². The van der Waals surface area contributed by atoms with Crippen molar-refractivity contribution in [2.24, 2.45) is 16.6 Å². The highest BCUT2D eigenvalue weighted by Crippen LogP contribution is 2.29. The van der Waals surface area contributed by atoms with Gasteiger partial charge in [0.15, 0.2) is 0 Å². The maximum absolute atomic E-state index is 6.03. The number of benzene rings is 2. The Hall–Kier alpha value is -3.08. The van der Waals surface area contributed by atoms with E-state index in [-0.39, 0.29) is 0 Å². The fraction of sp³-hybridized carbons (Fsp3) is 0.385. The Bertz CT molecular complexity index is 797. The Morgan fingerprint density at radius 3 is 2.11 bits per heavy atom. The van der Waals surface area contributed by atoms with Gasteiger partial charge in [-0.1, -0.05) is 43.7 Å². The number of hydrogen-bond acceptors (Lipinski definition) is 9. The molecule has 0 saturated carbocycles. The third-order valence-corrected chi connectivity index (χ3v) is 4.61. The molecule has 0 amide bonds. The van der Waals surface area contributed by atoms with Crippen LogP contribution >= 0.6 is 0 Å². The van der Waals surface area contributed by atoms with E-state index in [0.29, 0.717) is 12.7 Å². The van der Waals surface area contributed by atoms with Crippen molar-refractivity contribution in [2.45, 2.75) is 33.9 Å². The third kappa shape index (κ3) is 12.8. The van der Waals surface area contributed by atoms with E-state index in [1.165, 1.54) is 12.6 Å². The number of nitrogens with zero attached hydrogens (tertiary/aromatic N) is 3. The number of aliphatic imine (C=N–C) groups is 1. The lowest BCUT2D eigenvalue weighted by Gasteiger charge is -2.31. The van der Waals surface area contributed by atoms with Gasteiger partial charge in [0.05, 0.1) is 24.1 Å². The summed E-state index contributed by atoms with van der Waals surface area (Å²) >= 11 is 0. The van der Waals surface area contributed by atoms with Crippen LogP contribution in [0.3, 0.4) is 0 Å². The van der Waals surface area contributed by atoms with Gasteiger partial charge in [-0.15, -0.1) is 13.2 Å². The average Bonchev–Trinajstić information content (AvgIpc) is 2.92. The number of nitrogens with two attached hydrogens (primary N) is 2. The van der Waals surface area contributed by atoms with Crippen LogP contribution in [-0.2, 0) is 0 Å². The van der Waals surface area contributed by atoms with Crippen LogP contribution in [-0.4, -0.2) is 57.5 Å². The maximum Gasteiger partial charge on any atom is 0.128 e. The van der Waals surface area contributed by atoms with Crippen molar-refractivity contribution in [3.8, 4) is 0 Å². The Morgan fingerprint density at radius 1 is 1.03 bits per heavy atom. The first-order valence-electron chi connectivity index (χ1n) is 11.7. The number of hydrogen-bond donors (Lipinski definition) is 6. The van der Waals surface area contributed by atoms with Crippen LogP contribution in [0, 0.1) is 12.3 Å². The van der Waals surface area contributed by atoms with Crippen LogP contribution in [0.1, 0.15) is 26.3 Å². The molecule has 9 heteroatoms. The van der Waals surface area contributed by atoms with Gasteiger partial charge < -0.3 is 21.5 Å². The van der Waals surface area contributed by atoms with E-state index >= 15 is 0 Å². The predicted molar refractivity (Wildman–Crippen MR) is 156 cm³/mol. The SMILES string of the molecule is C=C.C=N.CC.CC1NCCNN1C.CN.Cc1ccc(NC2=Nc3ccccc3N(N)C2)cc1. The molecule has 0 bridgehead atoms. The Balaban J connectivity index is 0. The average molecular weight is 486 g/mol. The molecule has 0 radical (unpaired) electrons. The minimum absolute atomic E-state index is 0.476. The van der Waals surface area contributed by atoms with Gasteiger partial charge in [0.1, 0.15) is 5.84 Å². The van der Waals surface area contributed by atoms with E-state index < -0.39 is 0 Å². The fourth-order valence-corrected chi connectivity index (χ4v) is 2.89. The van der Waals surface area contributed by atoms with E-state index in [9.17, 15) is 0 Å². The van der Waals surface area contributed by atoms with Gasteiger partial charge in [0.25, 0.3) is 0 Å². The molecule has 0 spiro atoms. The molecule has 2 aromatic carbocycles. The summed E-state index contributed by atoms with van der Waals surface area (Å²) in [6.07, 6.45) is 0.476. The molecule has 1 atom stereocenters. The monoisotopic (exact) mass is 485 g/mol. The van der Waals surface area contributed by atoms with Crippen molar-refractivity contribution >= 4 is 29.6 Å². The summed E-state index contributed by atoms with van der Waals surface area (Å²) in [7, 11) is 3.54. The van der Waals surface area contributed by atoms with Gasteiger partial charge in [0, 0.05) is 25.8 Å². The molecule has 1 unspecified atom stereocenters. The summed E-state index contributed by atoms with van der Waals surface area (Å²) in [6.45, 7) is 19.4. The van der Waals surface area contributed by atoms with Crippen molar-refractivity contribution in [1.82, 2.24) is 15.8 Å². The second-order valence-corrected chi connectivity index (χ2v) is 6.82. The van der Waals surface area contributed by atoms with Crippen LogP contribution in [0.4, 0.5) is 17.1 Å². The number of rotatable bonds is 1. The lowest BCUT2D eigenvalue weighted by molar-refractivity contribution is 0.115. The largest absolute Gasteiger partial charge is 0.342 e. The minimum atomic E-state index is 0.476. The number of para-hydroxylation sites is 2. The van der Waals surface area contributed by atoms with Gasteiger partial charge in [-0.25, -0.2) is 15.8 Å². The standard InChI is InChI=1S/C15H16N4.C5H13N3.C2H6.C2H4.CH5N.CH3N/c1-11-6-8-12(9-7-11)17-15-10-19(16)14-5-3-2-4-13(14)18-15;1-5-6-3-4-7-8(5)2;4*1-2/h2-9H,10,16H2,1H3,(H,17,18);5-7H,3-4H2,1-2H3;1-2H3;1-2H2;2H2,1H3;2H,1H2. The molecule has 2 aromatic rings. The second kappa shape index (κ2) is 21.5. The topological polar surface area (TPSA) is 131 Å². The molecule has 0 aromatic heterocycles. The van der Waals surface area contributed by atoms with Crippen LogP contribution in [0.25, 0.3) is 0 Å². The Kier molecular flexibility index (Phi) is 20.9.